The number of aromatic nitrogens is 2. The minimum absolute atomic E-state index is 0.230. The maximum absolute atomic E-state index is 12.0. The lowest BCUT2D eigenvalue weighted by Crippen LogP contribution is -2.27. The van der Waals surface area contributed by atoms with Crippen LogP contribution in [0.4, 0.5) is 17.3 Å². The van der Waals surface area contributed by atoms with Crippen molar-refractivity contribution in [1.29, 1.82) is 0 Å². The minimum Gasteiger partial charge on any atom is -0.465 e. The Balaban J connectivity index is 1.67. The maximum atomic E-state index is 12.0. The van der Waals surface area contributed by atoms with E-state index in [4.69, 9.17) is 16.3 Å². The van der Waals surface area contributed by atoms with Gasteiger partial charge < -0.3 is 20.1 Å². The van der Waals surface area contributed by atoms with Gasteiger partial charge >= 0.3 is 5.97 Å². The van der Waals surface area contributed by atoms with E-state index in [0.717, 1.165) is 6.42 Å². The Bertz CT molecular complexity index is 807. The third-order valence-corrected chi connectivity index (χ3v) is 4.12. The lowest BCUT2D eigenvalue weighted by molar-refractivity contribution is -0.124. The maximum Gasteiger partial charge on any atom is 0.337 e. The molecule has 1 aromatic heterocycles. The summed E-state index contributed by atoms with van der Waals surface area (Å²) in [6.07, 6.45) is 1.14. The molecule has 1 fully saturated rings. The number of nitrogens with one attached hydrogen (secondary N) is 2. The summed E-state index contributed by atoms with van der Waals surface area (Å²) in [4.78, 5) is 23.6. The van der Waals surface area contributed by atoms with Gasteiger partial charge in [-0.05, 0) is 43.2 Å². The molecule has 8 nitrogen and oxygen atoms in total. The zero-order chi connectivity index (χ0) is 18.5. The van der Waals surface area contributed by atoms with Gasteiger partial charge in [-0.15, -0.1) is 10.2 Å². The first kappa shape index (κ1) is 18.1. The molecule has 1 aliphatic heterocycles. The highest BCUT2D eigenvalue weighted by Gasteiger charge is 2.23. The number of amides is 1. The fourth-order valence-electron chi connectivity index (χ4n) is 2.46. The predicted molar refractivity (Wildman–Crippen MR) is 95.7 cm³/mol. The van der Waals surface area contributed by atoms with Crippen LogP contribution in [0.3, 0.4) is 0 Å². The van der Waals surface area contributed by atoms with Crippen LogP contribution in [0, 0.1) is 0 Å². The zero-order valence-electron chi connectivity index (χ0n) is 14.0. The molecule has 1 amide bonds. The summed E-state index contributed by atoms with van der Waals surface area (Å²) < 4.78 is 10.0. The third kappa shape index (κ3) is 4.27. The van der Waals surface area contributed by atoms with Crippen molar-refractivity contribution in [2.45, 2.75) is 18.9 Å². The predicted octanol–water partition coefficient (Wildman–Crippen LogP) is 2.78. The minimum atomic E-state index is -0.469. The molecule has 1 aliphatic rings. The molecule has 1 aromatic carbocycles. The van der Waals surface area contributed by atoms with Gasteiger partial charge in [-0.3, -0.25) is 4.79 Å². The van der Waals surface area contributed by atoms with Gasteiger partial charge in [0.2, 0.25) is 0 Å². The first-order chi connectivity index (χ1) is 12.6. The number of methoxy groups -OCH3 is 1. The molecule has 0 bridgehead atoms. The monoisotopic (exact) mass is 376 g/mol. The van der Waals surface area contributed by atoms with E-state index in [1.54, 1.807) is 30.3 Å². The number of carbonyl (C=O) groups excluding carboxylic acids is 2. The Morgan fingerprint density at radius 3 is 2.65 bits per heavy atom. The summed E-state index contributed by atoms with van der Waals surface area (Å²) in [6, 6.07) is 7.96. The van der Waals surface area contributed by atoms with Crippen molar-refractivity contribution in [1.82, 2.24) is 10.2 Å². The van der Waals surface area contributed by atoms with Crippen LogP contribution in [0.5, 0.6) is 0 Å². The zero-order valence-corrected chi connectivity index (χ0v) is 14.7. The highest BCUT2D eigenvalue weighted by atomic mass is 35.5. The first-order valence-electron chi connectivity index (χ1n) is 7.98. The SMILES string of the molecule is COC(=O)c1ccc(Cl)c(Nc2ccc(NC(=O)C3CCCO3)nn2)c1. The number of hydrogen-bond acceptors (Lipinski definition) is 7. The van der Waals surface area contributed by atoms with Gasteiger partial charge in [-0.25, -0.2) is 4.79 Å². The Hall–Kier alpha value is -2.71. The number of anilines is 3. The average molecular weight is 377 g/mol. The summed E-state index contributed by atoms with van der Waals surface area (Å²) in [5, 5.41) is 14.0. The summed E-state index contributed by atoms with van der Waals surface area (Å²) in [5.74, 6) is 0.0313. The van der Waals surface area contributed by atoms with E-state index in [1.165, 1.54) is 7.11 Å². The fourth-order valence-corrected chi connectivity index (χ4v) is 2.63. The van der Waals surface area contributed by atoms with Crippen molar-refractivity contribution < 1.29 is 19.1 Å². The van der Waals surface area contributed by atoms with Gasteiger partial charge in [0.15, 0.2) is 11.6 Å². The molecule has 1 unspecified atom stereocenters. The third-order valence-electron chi connectivity index (χ3n) is 3.79. The van der Waals surface area contributed by atoms with Gasteiger partial charge in [0.25, 0.3) is 5.91 Å². The second kappa shape index (κ2) is 8.11. The van der Waals surface area contributed by atoms with Crippen LogP contribution < -0.4 is 10.6 Å². The van der Waals surface area contributed by atoms with Crippen molar-refractivity contribution in [2.75, 3.05) is 24.4 Å². The van der Waals surface area contributed by atoms with Crippen molar-refractivity contribution in [3.63, 3.8) is 0 Å². The molecule has 1 atom stereocenters. The molecule has 3 rings (SSSR count). The van der Waals surface area contributed by atoms with Crippen LogP contribution in [0.25, 0.3) is 0 Å². The highest BCUT2D eigenvalue weighted by molar-refractivity contribution is 6.33. The second-order valence-electron chi connectivity index (χ2n) is 5.61. The summed E-state index contributed by atoms with van der Waals surface area (Å²) >= 11 is 6.13. The van der Waals surface area contributed by atoms with Gasteiger partial charge in [0.1, 0.15) is 6.10 Å². The fraction of sp³-hybridized carbons (Fsp3) is 0.294. The number of halogens is 1. The van der Waals surface area contributed by atoms with Crippen molar-refractivity contribution in [2.24, 2.45) is 0 Å². The van der Waals surface area contributed by atoms with Gasteiger partial charge in [0, 0.05) is 6.61 Å². The molecule has 0 aliphatic carbocycles. The molecule has 2 aromatic rings. The molecule has 0 spiro atoms. The van der Waals surface area contributed by atoms with Gasteiger partial charge in [-0.2, -0.15) is 0 Å². The molecule has 0 radical (unpaired) electrons. The van der Waals surface area contributed by atoms with Crippen LogP contribution in [-0.4, -0.2) is 41.9 Å². The van der Waals surface area contributed by atoms with E-state index < -0.39 is 12.1 Å². The number of rotatable bonds is 5. The Morgan fingerprint density at radius 2 is 2.00 bits per heavy atom. The van der Waals surface area contributed by atoms with E-state index in [9.17, 15) is 9.59 Å². The summed E-state index contributed by atoms with van der Waals surface area (Å²) in [7, 11) is 1.30. The first-order valence-corrected chi connectivity index (χ1v) is 8.35. The van der Waals surface area contributed by atoms with E-state index >= 15 is 0 Å². The average Bonchev–Trinajstić information content (AvgIpc) is 3.19. The normalized spacial score (nSPS) is 16.2. The number of nitrogens with zero attached hydrogens (tertiary/aromatic N) is 2. The number of hydrogen-bond donors (Lipinski definition) is 2. The molecule has 9 heteroatoms. The number of ether oxygens (including phenoxy) is 2. The molecule has 1 saturated heterocycles. The van der Waals surface area contributed by atoms with Crippen molar-refractivity contribution in [3.05, 3.63) is 40.9 Å². The molecule has 26 heavy (non-hydrogen) atoms. The molecule has 2 N–H and O–H groups in total. The van der Waals surface area contributed by atoms with Crippen molar-refractivity contribution in [3.8, 4) is 0 Å². The number of esters is 1. The Labute approximate surface area is 154 Å². The number of carbonyl (C=O) groups is 2. The van der Waals surface area contributed by atoms with Gasteiger partial charge in [0.05, 0.1) is 23.4 Å². The highest BCUT2D eigenvalue weighted by Crippen LogP contribution is 2.26. The van der Waals surface area contributed by atoms with E-state index in [2.05, 4.69) is 25.6 Å². The molecule has 0 saturated carbocycles. The quantitative estimate of drug-likeness (QED) is 0.773. The Kier molecular flexibility index (Phi) is 5.65. The van der Waals surface area contributed by atoms with E-state index in [-0.39, 0.29) is 5.91 Å². The smallest absolute Gasteiger partial charge is 0.337 e. The van der Waals surface area contributed by atoms with Crippen LogP contribution in [0.15, 0.2) is 30.3 Å². The molecular weight excluding hydrogens is 360 g/mol. The number of benzene rings is 1. The van der Waals surface area contributed by atoms with Crippen LogP contribution in [-0.2, 0) is 14.3 Å². The van der Waals surface area contributed by atoms with Crippen molar-refractivity contribution >= 4 is 40.8 Å². The lowest BCUT2D eigenvalue weighted by Gasteiger charge is -2.11. The summed E-state index contributed by atoms with van der Waals surface area (Å²) in [5.41, 5.74) is 0.841. The second-order valence-corrected chi connectivity index (χ2v) is 6.01. The molecular formula is C17H17ClN4O4. The van der Waals surface area contributed by atoms with Crippen LogP contribution in [0.1, 0.15) is 23.2 Å². The van der Waals surface area contributed by atoms with Crippen LogP contribution in [0.2, 0.25) is 5.02 Å². The standard InChI is InChI=1S/C17H17ClN4O4/c1-25-17(24)10-4-5-11(18)12(9-10)19-14-6-7-15(22-21-14)20-16(23)13-3-2-8-26-13/h4-7,9,13H,2-3,8H2,1H3,(H,19,21)(H,20,22,23). The Morgan fingerprint density at radius 1 is 1.23 bits per heavy atom. The largest absolute Gasteiger partial charge is 0.465 e. The van der Waals surface area contributed by atoms with E-state index in [1.807, 2.05) is 0 Å². The summed E-state index contributed by atoms with van der Waals surface area (Å²) in [6.45, 7) is 0.595. The molecule has 136 valence electrons. The topological polar surface area (TPSA) is 102 Å². The molecule has 2 heterocycles. The van der Waals surface area contributed by atoms with Crippen LogP contribution >= 0.6 is 11.6 Å². The van der Waals surface area contributed by atoms with E-state index in [0.29, 0.717) is 40.9 Å². The van der Waals surface area contributed by atoms with Gasteiger partial charge in [-0.1, -0.05) is 11.6 Å². The lowest BCUT2D eigenvalue weighted by atomic mass is 10.2.